The van der Waals surface area contributed by atoms with Crippen molar-refractivity contribution in [1.29, 1.82) is 0 Å². The fraction of sp³-hybridized carbons (Fsp3) is 1.00. The summed E-state index contributed by atoms with van der Waals surface area (Å²) in [6, 6.07) is 0. The monoisotopic (exact) mass is 207 g/mol. The van der Waals surface area contributed by atoms with Crippen LogP contribution in [0.15, 0.2) is 0 Å². The Bertz CT molecular complexity index is 289. The zero-order valence-corrected chi connectivity index (χ0v) is 9.55. The van der Waals surface area contributed by atoms with Gasteiger partial charge in [-0.15, -0.1) is 0 Å². The molecule has 0 aromatic heterocycles. The van der Waals surface area contributed by atoms with E-state index in [-0.39, 0.29) is 12.1 Å². The highest BCUT2D eigenvalue weighted by Gasteiger charge is 2.52. The Morgan fingerprint density at radius 1 is 1.31 bits per heavy atom. The van der Waals surface area contributed by atoms with Crippen LogP contribution in [0.3, 0.4) is 0 Å². The average Bonchev–Trinajstić information content (AvgIpc) is 2.60. The molecule has 1 rings (SSSR count). The number of hydrogen-bond donors (Lipinski definition) is 0. The SMILES string of the molecule is CC(C)C1ON1S(=O)(=O)C(C)(C)C. The molecule has 1 aliphatic rings. The fourth-order valence-electron chi connectivity index (χ4n) is 0.908. The van der Waals surface area contributed by atoms with Crippen molar-refractivity contribution >= 4 is 10.0 Å². The van der Waals surface area contributed by atoms with Gasteiger partial charge >= 0.3 is 0 Å². The van der Waals surface area contributed by atoms with Gasteiger partial charge in [-0.2, -0.15) is 0 Å². The van der Waals surface area contributed by atoms with Crippen LogP contribution in [0.2, 0.25) is 0 Å². The number of hydrogen-bond acceptors (Lipinski definition) is 3. The van der Waals surface area contributed by atoms with E-state index in [0.717, 1.165) is 4.47 Å². The Morgan fingerprint density at radius 2 is 1.77 bits per heavy atom. The fourth-order valence-corrected chi connectivity index (χ4v) is 2.17. The summed E-state index contributed by atoms with van der Waals surface area (Å²) in [5.74, 6) is 0.206. The summed E-state index contributed by atoms with van der Waals surface area (Å²) in [7, 11) is -3.29. The van der Waals surface area contributed by atoms with Gasteiger partial charge in [0.05, 0.1) is 4.75 Å². The van der Waals surface area contributed by atoms with Gasteiger partial charge in [-0.05, 0) is 31.2 Å². The van der Waals surface area contributed by atoms with Crippen LogP contribution in [-0.2, 0) is 14.9 Å². The zero-order valence-electron chi connectivity index (χ0n) is 8.73. The first-order valence-corrected chi connectivity index (χ1v) is 5.82. The highest BCUT2D eigenvalue weighted by Crippen LogP contribution is 2.36. The Morgan fingerprint density at radius 3 is 2.00 bits per heavy atom. The lowest BCUT2D eigenvalue weighted by Gasteiger charge is -2.17. The molecule has 5 heteroatoms. The molecular weight excluding hydrogens is 190 g/mol. The van der Waals surface area contributed by atoms with Crippen molar-refractivity contribution in [3.05, 3.63) is 0 Å². The molecule has 4 nitrogen and oxygen atoms in total. The summed E-state index contributed by atoms with van der Waals surface area (Å²) >= 11 is 0. The van der Waals surface area contributed by atoms with Crippen molar-refractivity contribution in [3.63, 3.8) is 0 Å². The standard InChI is InChI=1S/C8H17NO3S/c1-6(2)7-9(12-7)13(10,11)8(3,4)5/h6-7H,1-5H3. The van der Waals surface area contributed by atoms with Crippen LogP contribution in [0.25, 0.3) is 0 Å². The van der Waals surface area contributed by atoms with Crippen LogP contribution < -0.4 is 0 Å². The predicted octanol–water partition coefficient (Wildman–Crippen LogP) is 1.34. The van der Waals surface area contributed by atoms with E-state index in [1.165, 1.54) is 0 Å². The van der Waals surface area contributed by atoms with Gasteiger partial charge in [-0.25, -0.2) is 8.42 Å². The number of sulfonamides is 1. The lowest BCUT2D eigenvalue weighted by Crippen LogP contribution is -2.34. The van der Waals surface area contributed by atoms with Gasteiger partial charge in [0.2, 0.25) is 10.0 Å². The molecule has 0 spiro atoms. The molecular formula is C8H17NO3S. The second-order valence-electron chi connectivity index (χ2n) is 4.61. The summed E-state index contributed by atoms with van der Waals surface area (Å²) in [6.07, 6.45) is -0.260. The van der Waals surface area contributed by atoms with E-state index in [0.29, 0.717) is 0 Å². The van der Waals surface area contributed by atoms with Crippen molar-refractivity contribution < 1.29 is 13.3 Å². The Labute approximate surface area is 79.9 Å². The van der Waals surface area contributed by atoms with Crippen LogP contribution in [0.5, 0.6) is 0 Å². The average molecular weight is 207 g/mol. The first kappa shape index (κ1) is 10.9. The maximum absolute atomic E-state index is 11.7. The molecule has 2 unspecified atom stereocenters. The first-order valence-electron chi connectivity index (χ1n) is 4.38. The van der Waals surface area contributed by atoms with Crippen LogP contribution >= 0.6 is 0 Å². The van der Waals surface area contributed by atoms with Crippen molar-refractivity contribution in [2.24, 2.45) is 5.92 Å². The number of nitrogens with zero attached hydrogens (tertiary/aromatic N) is 1. The van der Waals surface area contributed by atoms with E-state index in [1.807, 2.05) is 13.8 Å². The van der Waals surface area contributed by atoms with Gasteiger partial charge in [-0.1, -0.05) is 13.8 Å². The van der Waals surface area contributed by atoms with Crippen LogP contribution in [0, 0.1) is 5.92 Å². The molecule has 2 atom stereocenters. The molecule has 1 saturated heterocycles. The molecule has 13 heavy (non-hydrogen) atoms. The molecule has 0 aliphatic carbocycles. The molecule has 0 aromatic rings. The minimum atomic E-state index is -3.29. The third kappa shape index (κ3) is 1.87. The number of rotatable bonds is 2. The molecule has 0 amide bonds. The Kier molecular flexibility index (Phi) is 2.47. The van der Waals surface area contributed by atoms with E-state index >= 15 is 0 Å². The van der Waals surface area contributed by atoms with Crippen molar-refractivity contribution in [2.45, 2.75) is 45.6 Å². The van der Waals surface area contributed by atoms with E-state index in [2.05, 4.69) is 0 Å². The lowest BCUT2D eigenvalue weighted by molar-refractivity contribution is 0.268. The summed E-state index contributed by atoms with van der Waals surface area (Å²) in [5.41, 5.74) is 0. The largest absolute Gasteiger partial charge is 0.259 e. The summed E-state index contributed by atoms with van der Waals surface area (Å²) in [4.78, 5) is 5.02. The summed E-state index contributed by atoms with van der Waals surface area (Å²) in [5, 5.41) is 0. The van der Waals surface area contributed by atoms with Crippen LogP contribution in [0.4, 0.5) is 0 Å². The highest BCUT2D eigenvalue weighted by molar-refractivity contribution is 7.90. The van der Waals surface area contributed by atoms with E-state index in [9.17, 15) is 8.42 Å². The van der Waals surface area contributed by atoms with Gasteiger partial charge in [0.1, 0.15) is 0 Å². The van der Waals surface area contributed by atoms with Crippen molar-refractivity contribution in [3.8, 4) is 0 Å². The summed E-state index contributed by atoms with van der Waals surface area (Å²) in [6.45, 7) is 8.87. The smallest absolute Gasteiger partial charge is 0.243 e. The molecule has 1 fully saturated rings. The summed E-state index contributed by atoms with van der Waals surface area (Å²) < 4.78 is 23.8. The zero-order chi connectivity index (χ0) is 10.4. The minimum Gasteiger partial charge on any atom is -0.259 e. The van der Waals surface area contributed by atoms with Gasteiger partial charge in [0.15, 0.2) is 6.23 Å². The predicted molar refractivity (Wildman–Crippen MR) is 50.2 cm³/mol. The highest BCUT2D eigenvalue weighted by atomic mass is 32.2. The van der Waals surface area contributed by atoms with Crippen LogP contribution in [0.1, 0.15) is 34.6 Å². The molecule has 0 saturated carbocycles. The minimum absolute atomic E-state index is 0.206. The van der Waals surface area contributed by atoms with Gasteiger partial charge in [-0.3, -0.25) is 4.84 Å². The molecule has 0 aromatic carbocycles. The molecule has 0 radical (unpaired) electrons. The first-order chi connectivity index (χ1) is 5.68. The second-order valence-corrected chi connectivity index (χ2v) is 7.15. The van der Waals surface area contributed by atoms with E-state index in [4.69, 9.17) is 4.84 Å². The van der Waals surface area contributed by atoms with Gasteiger partial charge in [0, 0.05) is 0 Å². The van der Waals surface area contributed by atoms with Crippen molar-refractivity contribution in [1.82, 2.24) is 4.47 Å². The molecule has 78 valence electrons. The normalized spacial score (nSPS) is 29.4. The number of hydroxylamine groups is 1. The lowest BCUT2D eigenvalue weighted by atomic mass is 10.2. The Hall–Kier alpha value is -0.130. The Balaban J connectivity index is 2.77. The third-order valence-electron chi connectivity index (χ3n) is 1.96. The van der Waals surface area contributed by atoms with E-state index in [1.54, 1.807) is 20.8 Å². The van der Waals surface area contributed by atoms with Gasteiger partial charge < -0.3 is 0 Å². The van der Waals surface area contributed by atoms with E-state index < -0.39 is 14.8 Å². The molecule has 0 bridgehead atoms. The molecule has 1 heterocycles. The third-order valence-corrected chi connectivity index (χ3v) is 4.27. The quantitative estimate of drug-likeness (QED) is 0.642. The maximum Gasteiger partial charge on any atom is 0.243 e. The maximum atomic E-state index is 11.7. The van der Waals surface area contributed by atoms with Gasteiger partial charge in [0.25, 0.3) is 0 Å². The molecule has 1 aliphatic heterocycles. The van der Waals surface area contributed by atoms with Crippen LogP contribution in [-0.4, -0.2) is 23.9 Å². The second kappa shape index (κ2) is 2.93. The topological polar surface area (TPSA) is 49.7 Å². The molecule has 0 N–H and O–H groups in total. The van der Waals surface area contributed by atoms with Crippen molar-refractivity contribution in [2.75, 3.05) is 0 Å².